The number of aryl methyl sites for hydroxylation is 1. The smallest absolute Gasteiger partial charge is 0.337 e. The number of carbonyl (C=O) groups is 3. The van der Waals surface area contributed by atoms with Gasteiger partial charge in [0.15, 0.2) is 0 Å². The Kier molecular flexibility index (Phi) is 6.96. The molecule has 1 aliphatic rings. The highest BCUT2D eigenvalue weighted by Crippen LogP contribution is 2.42. The first kappa shape index (κ1) is 24.5. The van der Waals surface area contributed by atoms with Gasteiger partial charge in [-0.15, -0.1) is 0 Å². The van der Waals surface area contributed by atoms with Crippen molar-refractivity contribution in [2.75, 3.05) is 12.0 Å². The fourth-order valence-electron chi connectivity index (χ4n) is 4.02. The Hall–Kier alpha value is -3.61. The normalized spacial score (nSPS) is 17.0. The number of halogens is 2. The summed E-state index contributed by atoms with van der Waals surface area (Å²) < 4.78 is 4.73. The van der Waals surface area contributed by atoms with Gasteiger partial charge in [-0.3, -0.25) is 14.5 Å². The van der Waals surface area contributed by atoms with Crippen molar-refractivity contribution in [3.8, 4) is 0 Å². The second-order valence-electron chi connectivity index (χ2n) is 7.93. The zero-order chi connectivity index (χ0) is 25.3. The van der Waals surface area contributed by atoms with Crippen molar-refractivity contribution in [3.63, 3.8) is 0 Å². The number of aliphatic hydroxyl groups is 1. The van der Waals surface area contributed by atoms with E-state index in [9.17, 15) is 19.5 Å². The van der Waals surface area contributed by atoms with Crippen LogP contribution in [0.3, 0.4) is 0 Å². The number of esters is 1. The van der Waals surface area contributed by atoms with E-state index >= 15 is 0 Å². The summed E-state index contributed by atoms with van der Waals surface area (Å²) in [6, 6.07) is 17.2. The molecule has 35 heavy (non-hydrogen) atoms. The number of Topliss-reactive ketones (excluding diaryl/α,β-unsaturated/α-hetero) is 1. The molecule has 0 bridgehead atoms. The third-order valence-electron chi connectivity index (χ3n) is 5.91. The van der Waals surface area contributed by atoms with Crippen molar-refractivity contribution >= 4 is 52.3 Å². The predicted molar refractivity (Wildman–Crippen MR) is 135 cm³/mol. The Labute approximate surface area is 212 Å². The minimum atomic E-state index is -0.903. The molecule has 0 saturated carbocycles. The summed E-state index contributed by atoms with van der Waals surface area (Å²) in [5.41, 5.74) is 2.59. The summed E-state index contributed by atoms with van der Waals surface area (Å²) in [5, 5.41) is 11.7. The number of carbonyl (C=O) groups excluding carboxylic acids is 3. The van der Waals surface area contributed by atoms with Gasteiger partial charge in [0.05, 0.1) is 34.3 Å². The number of hydrogen-bond donors (Lipinski definition) is 1. The minimum Gasteiger partial charge on any atom is -0.507 e. The number of methoxy groups -OCH3 is 1. The molecule has 1 saturated heterocycles. The van der Waals surface area contributed by atoms with Crippen LogP contribution in [-0.4, -0.2) is 29.9 Å². The van der Waals surface area contributed by atoms with Crippen LogP contribution in [0.25, 0.3) is 5.76 Å². The molecule has 3 aromatic rings. The molecule has 0 aliphatic carbocycles. The lowest BCUT2D eigenvalue weighted by Crippen LogP contribution is -2.29. The predicted octanol–water partition coefficient (Wildman–Crippen LogP) is 5.97. The number of amides is 1. The van der Waals surface area contributed by atoms with Crippen LogP contribution >= 0.6 is 23.2 Å². The lowest BCUT2D eigenvalue weighted by molar-refractivity contribution is -0.132. The van der Waals surface area contributed by atoms with Crippen LogP contribution in [0.5, 0.6) is 0 Å². The Balaban J connectivity index is 1.90. The second kappa shape index (κ2) is 9.94. The van der Waals surface area contributed by atoms with Crippen LogP contribution in [-0.2, 0) is 20.7 Å². The molecule has 1 unspecified atom stereocenters. The highest BCUT2D eigenvalue weighted by Gasteiger charge is 2.47. The second-order valence-corrected chi connectivity index (χ2v) is 8.75. The van der Waals surface area contributed by atoms with E-state index in [-0.39, 0.29) is 21.9 Å². The molecule has 3 aromatic carbocycles. The standard InChI is InChI=1S/C27H21Cl2NO5/c1-3-15-4-6-16(7-5-15)23-22(24(31)18-10-13-20(28)21(29)14-18)25(32)26(33)30(23)19-11-8-17(9-12-19)27(34)35-2/h4-14,23,31H,3H2,1-2H3/b24-22-. The summed E-state index contributed by atoms with van der Waals surface area (Å²) >= 11 is 12.1. The molecule has 1 aliphatic heterocycles. The summed E-state index contributed by atoms with van der Waals surface area (Å²) in [4.78, 5) is 39.6. The van der Waals surface area contributed by atoms with Crippen molar-refractivity contribution in [2.24, 2.45) is 0 Å². The molecule has 1 heterocycles. The number of anilines is 1. The fourth-order valence-corrected chi connectivity index (χ4v) is 4.32. The SMILES string of the molecule is CCc1ccc(C2/C(=C(/O)c3ccc(Cl)c(Cl)c3)C(=O)C(=O)N2c2ccc(C(=O)OC)cc2)cc1. The van der Waals surface area contributed by atoms with E-state index in [1.165, 1.54) is 42.3 Å². The molecule has 0 aromatic heterocycles. The number of benzene rings is 3. The van der Waals surface area contributed by atoms with Gasteiger partial charge in [0.25, 0.3) is 11.7 Å². The van der Waals surface area contributed by atoms with E-state index in [1.54, 1.807) is 12.1 Å². The average Bonchev–Trinajstić information content (AvgIpc) is 3.15. The Morgan fingerprint density at radius 2 is 1.57 bits per heavy atom. The molecule has 6 nitrogen and oxygen atoms in total. The summed E-state index contributed by atoms with van der Waals surface area (Å²) in [7, 11) is 1.28. The topological polar surface area (TPSA) is 83.9 Å². The van der Waals surface area contributed by atoms with Crippen LogP contribution < -0.4 is 4.90 Å². The lowest BCUT2D eigenvalue weighted by Gasteiger charge is -2.25. The average molecular weight is 510 g/mol. The third-order valence-corrected chi connectivity index (χ3v) is 6.65. The number of aliphatic hydroxyl groups excluding tert-OH is 1. The summed E-state index contributed by atoms with van der Waals surface area (Å²) in [6.45, 7) is 2.02. The van der Waals surface area contributed by atoms with Crippen molar-refractivity contribution in [1.29, 1.82) is 0 Å². The Morgan fingerprint density at radius 3 is 2.14 bits per heavy atom. The van der Waals surface area contributed by atoms with Crippen LogP contribution in [0.15, 0.2) is 72.3 Å². The van der Waals surface area contributed by atoms with Crippen LogP contribution in [0.1, 0.15) is 40.0 Å². The lowest BCUT2D eigenvalue weighted by atomic mass is 9.94. The fraction of sp³-hybridized carbons (Fsp3) is 0.148. The van der Waals surface area contributed by atoms with Gasteiger partial charge in [-0.05, 0) is 60.0 Å². The van der Waals surface area contributed by atoms with Crippen molar-refractivity contribution in [2.45, 2.75) is 19.4 Å². The molecule has 1 N–H and O–H groups in total. The van der Waals surface area contributed by atoms with Gasteiger partial charge in [0.2, 0.25) is 0 Å². The van der Waals surface area contributed by atoms with Crippen molar-refractivity contribution in [1.82, 2.24) is 0 Å². The summed E-state index contributed by atoms with van der Waals surface area (Å²) in [5.74, 6) is -2.53. The van der Waals surface area contributed by atoms with Crippen molar-refractivity contribution < 1.29 is 24.2 Å². The number of hydrogen-bond acceptors (Lipinski definition) is 5. The number of rotatable bonds is 5. The highest BCUT2D eigenvalue weighted by atomic mass is 35.5. The van der Waals surface area contributed by atoms with Gasteiger partial charge in [-0.1, -0.05) is 54.4 Å². The first-order chi connectivity index (χ1) is 16.8. The molecule has 0 spiro atoms. The van der Waals surface area contributed by atoms with E-state index in [1.807, 2.05) is 31.2 Å². The number of ether oxygens (including phenoxy) is 1. The zero-order valence-electron chi connectivity index (χ0n) is 18.9. The first-order valence-electron chi connectivity index (χ1n) is 10.8. The number of ketones is 1. The molecular weight excluding hydrogens is 489 g/mol. The van der Waals surface area contributed by atoms with Gasteiger partial charge < -0.3 is 9.84 Å². The van der Waals surface area contributed by atoms with Gasteiger partial charge in [0, 0.05) is 11.3 Å². The van der Waals surface area contributed by atoms with E-state index < -0.39 is 23.7 Å². The van der Waals surface area contributed by atoms with Gasteiger partial charge in [-0.25, -0.2) is 4.79 Å². The van der Waals surface area contributed by atoms with Crippen LogP contribution in [0.4, 0.5) is 5.69 Å². The van der Waals surface area contributed by atoms with Crippen molar-refractivity contribution in [3.05, 3.63) is 105 Å². The molecular formula is C27H21Cl2NO5. The highest BCUT2D eigenvalue weighted by molar-refractivity contribution is 6.51. The van der Waals surface area contributed by atoms with Crippen LogP contribution in [0.2, 0.25) is 10.0 Å². The molecule has 4 rings (SSSR count). The van der Waals surface area contributed by atoms with Gasteiger partial charge >= 0.3 is 5.97 Å². The van der Waals surface area contributed by atoms with E-state index in [0.717, 1.165) is 12.0 Å². The quantitative estimate of drug-likeness (QED) is 0.198. The van der Waals surface area contributed by atoms with E-state index in [2.05, 4.69) is 0 Å². The molecule has 1 amide bonds. The maximum atomic E-state index is 13.2. The third kappa shape index (κ3) is 4.55. The molecule has 0 radical (unpaired) electrons. The molecule has 178 valence electrons. The minimum absolute atomic E-state index is 0.0744. The zero-order valence-corrected chi connectivity index (χ0v) is 20.4. The molecule has 1 atom stereocenters. The maximum absolute atomic E-state index is 13.2. The van der Waals surface area contributed by atoms with E-state index in [4.69, 9.17) is 27.9 Å². The first-order valence-corrected chi connectivity index (χ1v) is 11.6. The maximum Gasteiger partial charge on any atom is 0.337 e. The van der Waals surface area contributed by atoms with Gasteiger partial charge in [0.1, 0.15) is 5.76 Å². The number of nitrogens with zero attached hydrogens (tertiary/aromatic N) is 1. The Bertz CT molecular complexity index is 1350. The largest absolute Gasteiger partial charge is 0.507 e. The Morgan fingerprint density at radius 1 is 0.943 bits per heavy atom. The van der Waals surface area contributed by atoms with E-state index in [0.29, 0.717) is 21.8 Å². The van der Waals surface area contributed by atoms with Gasteiger partial charge in [-0.2, -0.15) is 0 Å². The van der Waals surface area contributed by atoms with Crippen LogP contribution in [0, 0.1) is 0 Å². The molecule has 8 heteroatoms. The monoisotopic (exact) mass is 509 g/mol. The molecule has 1 fully saturated rings. The summed E-state index contributed by atoms with van der Waals surface area (Å²) in [6.07, 6.45) is 0.818.